The molecule has 24 heavy (non-hydrogen) atoms. The van der Waals surface area contributed by atoms with Crippen LogP contribution in [0.15, 0.2) is 20.7 Å². The van der Waals surface area contributed by atoms with Crippen LogP contribution in [0.25, 0.3) is 0 Å². The van der Waals surface area contributed by atoms with E-state index in [0.717, 1.165) is 37.0 Å². The van der Waals surface area contributed by atoms with Crippen molar-refractivity contribution in [3.63, 3.8) is 0 Å². The Morgan fingerprint density at radius 1 is 1.29 bits per heavy atom. The van der Waals surface area contributed by atoms with Gasteiger partial charge in [-0.15, -0.1) is 15.7 Å². The van der Waals surface area contributed by atoms with E-state index < -0.39 is 10.0 Å². The summed E-state index contributed by atoms with van der Waals surface area (Å²) in [7, 11) is -3.84. The number of halogens is 1. The van der Waals surface area contributed by atoms with E-state index in [1.165, 1.54) is 24.2 Å². The van der Waals surface area contributed by atoms with Gasteiger partial charge in [-0.1, -0.05) is 49.5 Å². The standard InChI is InChI=1S/C15H19ClN2O3S3/c1-2-11-14(19)18(10-6-4-3-5-7-10)15(22-11)17-24(20,21)13-9-8-12(16)23-13/h8-11H,2-7H2,1H3/b17-15+. The first-order chi connectivity index (χ1) is 11.4. The van der Waals surface area contributed by atoms with Crippen LogP contribution >= 0.6 is 34.7 Å². The van der Waals surface area contributed by atoms with Crippen LogP contribution in [0.3, 0.4) is 0 Å². The number of carbonyl (C=O) groups is 1. The summed E-state index contributed by atoms with van der Waals surface area (Å²) < 4.78 is 29.6. The molecule has 0 aromatic carbocycles. The van der Waals surface area contributed by atoms with Crippen molar-refractivity contribution in [1.82, 2.24) is 4.90 Å². The molecule has 1 saturated heterocycles. The Labute approximate surface area is 155 Å². The van der Waals surface area contributed by atoms with Crippen LogP contribution in [0.4, 0.5) is 0 Å². The van der Waals surface area contributed by atoms with Crippen molar-refractivity contribution < 1.29 is 13.2 Å². The Morgan fingerprint density at radius 3 is 2.58 bits per heavy atom. The maximum absolute atomic E-state index is 12.7. The van der Waals surface area contributed by atoms with E-state index in [-0.39, 0.29) is 21.4 Å². The second-order valence-electron chi connectivity index (χ2n) is 5.92. The van der Waals surface area contributed by atoms with Gasteiger partial charge in [0.15, 0.2) is 5.17 Å². The summed E-state index contributed by atoms with van der Waals surface area (Å²) in [6, 6.07) is 3.06. The molecule has 0 bridgehead atoms. The third kappa shape index (κ3) is 3.66. The van der Waals surface area contributed by atoms with E-state index >= 15 is 0 Å². The molecular weight excluding hydrogens is 388 g/mol. The molecule has 1 unspecified atom stereocenters. The number of carbonyl (C=O) groups excluding carboxylic acids is 1. The molecule has 3 rings (SSSR count). The Bertz CT molecular complexity index is 754. The molecule has 1 amide bonds. The van der Waals surface area contributed by atoms with Gasteiger partial charge in [0.25, 0.3) is 10.0 Å². The number of amidine groups is 1. The monoisotopic (exact) mass is 406 g/mol. The molecule has 1 atom stereocenters. The first-order valence-corrected chi connectivity index (χ1v) is 11.5. The van der Waals surface area contributed by atoms with Crippen molar-refractivity contribution in [1.29, 1.82) is 0 Å². The lowest BCUT2D eigenvalue weighted by molar-refractivity contribution is -0.128. The molecule has 5 nitrogen and oxygen atoms in total. The minimum absolute atomic E-state index is 0.00689. The predicted molar refractivity (Wildman–Crippen MR) is 99.3 cm³/mol. The highest BCUT2D eigenvalue weighted by Gasteiger charge is 2.42. The van der Waals surface area contributed by atoms with Gasteiger partial charge in [0, 0.05) is 6.04 Å². The van der Waals surface area contributed by atoms with E-state index in [1.54, 1.807) is 11.0 Å². The molecule has 1 aromatic rings. The Kier molecular flexibility index (Phi) is 5.58. The Morgan fingerprint density at radius 2 is 2.00 bits per heavy atom. The molecule has 2 aliphatic rings. The van der Waals surface area contributed by atoms with Crippen molar-refractivity contribution in [2.45, 2.75) is 60.9 Å². The zero-order chi connectivity index (χ0) is 17.3. The highest BCUT2D eigenvalue weighted by Crippen LogP contribution is 2.36. The molecule has 1 aromatic heterocycles. The van der Waals surface area contributed by atoms with Crippen LogP contribution < -0.4 is 0 Å². The zero-order valence-electron chi connectivity index (χ0n) is 13.3. The molecule has 1 saturated carbocycles. The average molecular weight is 407 g/mol. The minimum Gasteiger partial charge on any atom is -0.287 e. The summed E-state index contributed by atoms with van der Waals surface area (Å²) in [5, 5.41) is 0.0797. The second kappa shape index (κ2) is 7.35. The fourth-order valence-electron chi connectivity index (χ4n) is 3.07. The molecule has 132 valence electrons. The summed E-state index contributed by atoms with van der Waals surface area (Å²) in [4.78, 5) is 14.3. The maximum atomic E-state index is 12.7. The van der Waals surface area contributed by atoms with Crippen molar-refractivity contribution in [2.24, 2.45) is 4.40 Å². The normalized spacial score (nSPS) is 24.9. The topological polar surface area (TPSA) is 66.8 Å². The fourth-order valence-corrected chi connectivity index (χ4v) is 6.86. The maximum Gasteiger partial charge on any atom is 0.294 e. The average Bonchev–Trinajstić information content (AvgIpc) is 3.12. The summed E-state index contributed by atoms with van der Waals surface area (Å²) in [5.41, 5.74) is 0. The highest BCUT2D eigenvalue weighted by atomic mass is 35.5. The highest BCUT2D eigenvalue weighted by molar-refractivity contribution is 8.16. The fraction of sp³-hybridized carbons (Fsp3) is 0.600. The zero-order valence-corrected chi connectivity index (χ0v) is 16.5. The lowest BCUT2D eigenvalue weighted by Crippen LogP contribution is -2.42. The minimum atomic E-state index is -3.84. The van der Waals surface area contributed by atoms with Crippen LogP contribution in [-0.2, 0) is 14.8 Å². The second-order valence-corrected chi connectivity index (χ2v) is 10.6. The van der Waals surface area contributed by atoms with Crippen molar-refractivity contribution in [3.05, 3.63) is 16.5 Å². The molecule has 9 heteroatoms. The number of nitrogens with zero attached hydrogens (tertiary/aromatic N) is 2. The molecule has 1 aliphatic carbocycles. The van der Waals surface area contributed by atoms with Gasteiger partial charge < -0.3 is 0 Å². The first kappa shape index (κ1) is 18.2. The number of thiophene rings is 1. The van der Waals surface area contributed by atoms with E-state index in [0.29, 0.717) is 15.9 Å². The van der Waals surface area contributed by atoms with E-state index in [4.69, 9.17) is 11.6 Å². The van der Waals surface area contributed by atoms with E-state index in [9.17, 15) is 13.2 Å². The molecular formula is C15H19ClN2O3S3. The number of hydrogen-bond acceptors (Lipinski definition) is 5. The Balaban J connectivity index is 1.95. The van der Waals surface area contributed by atoms with Crippen LogP contribution in [0.1, 0.15) is 45.4 Å². The van der Waals surface area contributed by atoms with Gasteiger partial charge in [-0.05, 0) is 31.4 Å². The number of thioether (sulfide) groups is 1. The number of rotatable bonds is 4. The molecule has 1 aliphatic heterocycles. The summed E-state index contributed by atoms with van der Waals surface area (Å²) in [5.74, 6) is -0.00689. The van der Waals surface area contributed by atoms with Crippen LogP contribution in [0.2, 0.25) is 4.34 Å². The van der Waals surface area contributed by atoms with Gasteiger partial charge in [0.1, 0.15) is 4.21 Å². The number of amides is 1. The van der Waals surface area contributed by atoms with Gasteiger partial charge in [-0.25, -0.2) is 0 Å². The van der Waals surface area contributed by atoms with Gasteiger partial charge in [0.2, 0.25) is 5.91 Å². The largest absolute Gasteiger partial charge is 0.294 e. The van der Waals surface area contributed by atoms with Crippen molar-refractivity contribution in [3.8, 4) is 0 Å². The molecule has 0 radical (unpaired) electrons. The van der Waals surface area contributed by atoms with Crippen LogP contribution in [-0.4, -0.2) is 35.7 Å². The lowest BCUT2D eigenvalue weighted by atomic mass is 9.94. The van der Waals surface area contributed by atoms with Crippen LogP contribution in [0.5, 0.6) is 0 Å². The van der Waals surface area contributed by atoms with Gasteiger partial charge >= 0.3 is 0 Å². The van der Waals surface area contributed by atoms with E-state index in [2.05, 4.69) is 4.40 Å². The SMILES string of the molecule is CCC1S/C(=N/S(=O)(=O)c2ccc(Cl)s2)N(C2CCCCC2)C1=O. The third-order valence-electron chi connectivity index (χ3n) is 4.28. The summed E-state index contributed by atoms with van der Waals surface area (Å²) in [6.07, 6.45) is 5.78. The quantitative estimate of drug-likeness (QED) is 0.753. The molecule has 0 N–H and O–H groups in total. The lowest BCUT2D eigenvalue weighted by Gasteiger charge is -2.30. The van der Waals surface area contributed by atoms with Gasteiger partial charge in [0.05, 0.1) is 9.59 Å². The van der Waals surface area contributed by atoms with Gasteiger partial charge in [-0.2, -0.15) is 8.42 Å². The van der Waals surface area contributed by atoms with Crippen molar-refractivity contribution >= 4 is 55.8 Å². The van der Waals surface area contributed by atoms with Crippen molar-refractivity contribution in [2.75, 3.05) is 0 Å². The van der Waals surface area contributed by atoms with E-state index in [1.807, 2.05) is 6.92 Å². The molecule has 0 spiro atoms. The third-order valence-corrected chi connectivity index (χ3v) is 8.68. The summed E-state index contributed by atoms with van der Waals surface area (Å²) >= 11 is 8.09. The Hall–Kier alpha value is -0.570. The number of hydrogen-bond donors (Lipinski definition) is 0. The molecule has 2 fully saturated rings. The number of sulfonamides is 1. The first-order valence-electron chi connectivity index (χ1n) is 8.02. The summed E-state index contributed by atoms with van der Waals surface area (Å²) in [6.45, 7) is 1.94. The van der Waals surface area contributed by atoms with Crippen LogP contribution in [0, 0.1) is 0 Å². The molecule has 2 heterocycles. The van der Waals surface area contributed by atoms with Gasteiger partial charge in [-0.3, -0.25) is 9.69 Å². The smallest absolute Gasteiger partial charge is 0.287 e. The predicted octanol–water partition coefficient (Wildman–Crippen LogP) is 4.13.